The molecule has 132 valence electrons. The molecule has 1 fully saturated rings. The summed E-state index contributed by atoms with van der Waals surface area (Å²) in [5.74, 6) is 0.941. The first kappa shape index (κ1) is 17.4. The van der Waals surface area contributed by atoms with Gasteiger partial charge < -0.3 is 9.64 Å². The van der Waals surface area contributed by atoms with Gasteiger partial charge in [0.2, 0.25) is 0 Å². The molecular formula is C20H25N3O2. The van der Waals surface area contributed by atoms with Crippen LogP contribution in [0.4, 0.5) is 0 Å². The molecule has 1 aromatic carbocycles. The molecule has 0 atom stereocenters. The maximum Gasteiger partial charge on any atom is 0.272 e. The number of hydrogen-bond donors (Lipinski definition) is 0. The van der Waals surface area contributed by atoms with E-state index in [1.807, 2.05) is 43.0 Å². The number of carbonyl (C=O) groups excluding carboxylic acids is 1. The van der Waals surface area contributed by atoms with Gasteiger partial charge in [-0.2, -0.15) is 0 Å². The normalized spacial score (nSPS) is 15.2. The first-order valence-corrected chi connectivity index (χ1v) is 8.82. The summed E-state index contributed by atoms with van der Waals surface area (Å²) in [5, 5.41) is 0. The van der Waals surface area contributed by atoms with E-state index in [4.69, 9.17) is 4.74 Å². The molecule has 1 saturated heterocycles. The third-order valence-electron chi connectivity index (χ3n) is 4.41. The molecule has 0 spiro atoms. The zero-order chi connectivity index (χ0) is 17.6. The third-order valence-corrected chi connectivity index (χ3v) is 4.41. The fraction of sp³-hybridized carbons (Fsp3) is 0.400. The number of amides is 1. The predicted molar refractivity (Wildman–Crippen MR) is 97.8 cm³/mol. The summed E-state index contributed by atoms with van der Waals surface area (Å²) in [5.41, 5.74) is 2.68. The Hall–Kier alpha value is -2.40. The van der Waals surface area contributed by atoms with Crippen molar-refractivity contribution < 1.29 is 9.53 Å². The number of rotatable bonds is 5. The fourth-order valence-electron chi connectivity index (χ4n) is 3.05. The number of pyridine rings is 1. The van der Waals surface area contributed by atoms with Crippen LogP contribution in [0.15, 0.2) is 42.5 Å². The first-order valence-electron chi connectivity index (χ1n) is 8.82. The second-order valence-electron chi connectivity index (χ2n) is 6.31. The Morgan fingerprint density at radius 3 is 2.44 bits per heavy atom. The molecule has 0 saturated carbocycles. The largest absolute Gasteiger partial charge is 0.494 e. The first-order chi connectivity index (χ1) is 12.2. The van der Waals surface area contributed by atoms with Gasteiger partial charge in [-0.3, -0.25) is 9.69 Å². The van der Waals surface area contributed by atoms with Gasteiger partial charge in [0.15, 0.2) is 0 Å². The van der Waals surface area contributed by atoms with Crippen molar-refractivity contribution >= 4 is 5.91 Å². The monoisotopic (exact) mass is 339 g/mol. The van der Waals surface area contributed by atoms with Crippen LogP contribution in [0, 0.1) is 6.92 Å². The topological polar surface area (TPSA) is 45.7 Å². The molecule has 1 aliphatic heterocycles. The van der Waals surface area contributed by atoms with E-state index < -0.39 is 0 Å². The second-order valence-corrected chi connectivity index (χ2v) is 6.31. The smallest absolute Gasteiger partial charge is 0.272 e. The van der Waals surface area contributed by atoms with Crippen LogP contribution in [-0.2, 0) is 6.54 Å². The minimum atomic E-state index is 0.0319. The summed E-state index contributed by atoms with van der Waals surface area (Å²) in [6.07, 6.45) is 0. The lowest BCUT2D eigenvalue weighted by molar-refractivity contribution is 0.0622. The Morgan fingerprint density at radius 2 is 1.80 bits per heavy atom. The van der Waals surface area contributed by atoms with E-state index in [0.29, 0.717) is 12.3 Å². The van der Waals surface area contributed by atoms with E-state index in [9.17, 15) is 4.79 Å². The minimum Gasteiger partial charge on any atom is -0.494 e. The highest BCUT2D eigenvalue weighted by molar-refractivity contribution is 5.92. The van der Waals surface area contributed by atoms with Gasteiger partial charge in [0.05, 0.1) is 6.61 Å². The summed E-state index contributed by atoms with van der Waals surface area (Å²) in [6, 6.07) is 13.8. The highest BCUT2D eigenvalue weighted by Crippen LogP contribution is 2.15. The van der Waals surface area contributed by atoms with Crippen LogP contribution in [0.1, 0.15) is 28.7 Å². The Bertz CT molecular complexity index is 707. The lowest BCUT2D eigenvalue weighted by Crippen LogP contribution is -2.48. The van der Waals surface area contributed by atoms with Crippen LogP contribution in [0.5, 0.6) is 5.75 Å². The quantitative estimate of drug-likeness (QED) is 0.840. The van der Waals surface area contributed by atoms with Crippen LogP contribution in [-0.4, -0.2) is 53.5 Å². The Labute approximate surface area is 149 Å². The molecule has 2 aromatic rings. The molecule has 5 nitrogen and oxygen atoms in total. The second kappa shape index (κ2) is 8.12. The average Bonchev–Trinajstić information content (AvgIpc) is 2.64. The van der Waals surface area contributed by atoms with Crippen molar-refractivity contribution in [2.75, 3.05) is 32.8 Å². The molecule has 0 aliphatic carbocycles. The molecule has 0 bridgehead atoms. The van der Waals surface area contributed by atoms with Gasteiger partial charge in [-0.05, 0) is 43.7 Å². The van der Waals surface area contributed by atoms with Crippen LogP contribution >= 0.6 is 0 Å². The molecule has 0 radical (unpaired) electrons. The average molecular weight is 339 g/mol. The van der Waals surface area contributed by atoms with Gasteiger partial charge in [-0.15, -0.1) is 0 Å². The minimum absolute atomic E-state index is 0.0319. The standard InChI is InChI=1S/C20H25N3O2/c1-3-25-18-9-7-17(8-10-18)15-22-11-13-23(14-12-22)20(24)19-6-4-5-16(2)21-19/h4-10H,3,11-15H2,1-2H3. The SMILES string of the molecule is CCOc1ccc(CN2CCN(C(=O)c3cccc(C)n3)CC2)cc1. The lowest BCUT2D eigenvalue weighted by atomic mass is 10.2. The summed E-state index contributed by atoms with van der Waals surface area (Å²) in [6.45, 7) is 8.72. The summed E-state index contributed by atoms with van der Waals surface area (Å²) in [7, 11) is 0. The molecular weight excluding hydrogens is 314 g/mol. The van der Waals surface area contributed by atoms with Crippen molar-refractivity contribution in [2.45, 2.75) is 20.4 Å². The van der Waals surface area contributed by atoms with Crippen molar-refractivity contribution in [3.05, 3.63) is 59.4 Å². The predicted octanol–water partition coefficient (Wildman–Crippen LogP) is 2.75. The number of benzene rings is 1. The molecule has 0 N–H and O–H groups in total. The maximum absolute atomic E-state index is 12.5. The highest BCUT2D eigenvalue weighted by atomic mass is 16.5. The van der Waals surface area contributed by atoms with Crippen LogP contribution < -0.4 is 4.74 Å². The van der Waals surface area contributed by atoms with Crippen LogP contribution in [0.25, 0.3) is 0 Å². The van der Waals surface area contributed by atoms with Crippen molar-refractivity contribution in [2.24, 2.45) is 0 Å². The zero-order valence-corrected chi connectivity index (χ0v) is 14.9. The molecule has 3 rings (SSSR count). The van der Waals surface area contributed by atoms with Crippen molar-refractivity contribution in [3.8, 4) is 5.75 Å². The molecule has 1 aliphatic rings. The van der Waals surface area contributed by atoms with E-state index in [-0.39, 0.29) is 5.91 Å². The lowest BCUT2D eigenvalue weighted by Gasteiger charge is -2.34. The molecule has 25 heavy (non-hydrogen) atoms. The van der Waals surface area contributed by atoms with Gasteiger partial charge in [-0.1, -0.05) is 18.2 Å². The van der Waals surface area contributed by atoms with Crippen LogP contribution in [0.3, 0.4) is 0 Å². The number of hydrogen-bond acceptors (Lipinski definition) is 4. The fourth-order valence-corrected chi connectivity index (χ4v) is 3.05. The number of aromatic nitrogens is 1. The molecule has 2 heterocycles. The molecule has 1 aromatic heterocycles. The van der Waals surface area contributed by atoms with E-state index in [2.05, 4.69) is 22.0 Å². The van der Waals surface area contributed by atoms with Crippen molar-refractivity contribution in [3.63, 3.8) is 0 Å². The van der Waals surface area contributed by atoms with Gasteiger partial charge in [-0.25, -0.2) is 4.98 Å². The van der Waals surface area contributed by atoms with E-state index in [1.54, 1.807) is 6.07 Å². The van der Waals surface area contributed by atoms with E-state index in [0.717, 1.165) is 44.2 Å². The molecule has 5 heteroatoms. The highest BCUT2D eigenvalue weighted by Gasteiger charge is 2.22. The number of ether oxygens (including phenoxy) is 1. The molecule has 1 amide bonds. The van der Waals surface area contributed by atoms with Gasteiger partial charge in [0.25, 0.3) is 5.91 Å². The maximum atomic E-state index is 12.5. The van der Waals surface area contributed by atoms with Gasteiger partial charge in [0, 0.05) is 38.4 Å². The Kier molecular flexibility index (Phi) is 5.66. The summed E-state index contributed by atoms with van der Waals surface area (Å²) >= 11 is 0. The third kappa shape index (κ3) is 4.57. The Balaban J connectivity index is 1.52. The van der Waals surface area contributed by atoms with Crippen molar-refractivity contribution in [1.82, 2.24) is 14.8 Å². The summed E-state index contributed by atoms with van der Waals surface area (Å²) in [4.78, 5) is 21.2. The van der Waals surface area contributed by atoms with E-state index >= 15 is 0 Å². The molecule has 0 unspecified atom stereocenters. The number of carbonyl (C=O) groups is 1. The van der Waals surface area contributed by atoms with Gasteiger partial charge in [0.1, 0.15) is 11.4 Å². The van der Waals surface area contributed by atoms with Crippen LogP contribution in [0.2, 0.25) is 0 Å². The number of nitrogens with zero attached hydrogens (tertiary/aromatic N) is 3. The van der Waals surface area contributed by atoms with Crippen molar-refractivity contribution in [1.29, 1.82) is 0 Å². The Morgan fingerprint density at radius 1 is 1.08 bits per heavy atom. The summed E-state index contributed by atoms with van der Waals surface area (Å²) < 4.78 is 5.48. The van der Waals surface area contributed by atoms with E-state index in [1.165, 1.54) is 5.56 Å². The van der Waals surface area contributed by atoms with Gasteiger partial charge >= 0.3 is 0 Å². The zero-order valence-electron chi connectivity index (χ0n) is 14.9. The number of piperazine rings is 1. The number of aryl methyl sites for hydroxylation is 1.